The van der Waals surface area contributed by atoms with Crippen LogP contribution in [0.2, 0.25) is 0 Å². The summed E-state index contributed by atoms with van der Waals surface area (Å²) >= 11 is 1.32. The highest BCUT2D eigenvalue weighted by Crippen LogP contribution is 2.35. The first-order valence-electron chi connectivity index (χ1n) is 11.1. The fourth-order valence-electron chi connectivity index (χ4n) is 4.38. The first-order valence-corrected chi connectivity index (χ1v) is 12.0. The number of nitrogens with zero attached hydrogens (tertiary/aromatic N) is 4. The van der Waals surface area contributed by atoms with Crippen molar-refractivity contribution < 1.29 is 14.4 Å². The highest BCUT2D eigenvalue weighted by Gasteiger charge is 2.51. The van der Waals surface area contributed by atoms with E-state index in [0.29, 0.717) is 24.7 Å². The zero-order valence-electron chi connectivity index (χ0n) is 18.2. The number of para-hydroxylation sites is 1. The third kappa shape index (κ3) is 4.50. The number of carbonyl (C=O) groups is 3. The standard InChI is InChI=1S/C22H28N6O3S/c1-2-16-8-3-4-9-17(16)28-15-24-26-21(28)32-14-18(29)23-12-7-13-27-19(30)22(25-20(27)31)10-5-6-11-22/h3-4,8-9,15H,2,5-7,10-14H2,1H3,(H,23,29)(H,25,31). The van der Waals surface area contributed by atoms with Crippen LogP contribution >= 0.6 is 11.8 Å². The Morgan fingerprint density at radius 1 is 1.25 bits per heavy atom. The summed E-state index contributed by atoms with van der Waals surface area (Å²) in [6.45, 7) is 2.80. The van der Waals surface area contributed by atoms with E-state index in [1.807, 2.05) is 22.8 Å². The molecule has 1 aliphatic heterocycles. The molecule has 1 saturated heterocycles. The summed E-state index contributed by atoms with van der Waals surface area (Å²) < 4.78 is 1.90. The SMILES string of the molecule is CCc1ccccc1-n1cnnc1SCC(=O)NCCCN1C(=O)NC2(CCCC2)C1=O. The Morgan fingerprint density at radius 2 is 2.03 bits per heavy atom. The lowest BCUT2D eigenvalue weighted by atomic mass is 9.98. The number of thioether (sulfide) groups is 1. The third-order valence-corrected chi connectivity index (χ3v) is 7.01. The Morgan fingerprint density at radius 3 is 2.81 bits per heavy atom. The second-order valence-corrected chi connectivity index (χ2v) is 9.08. The van der Waals surface area contributed by atoms with Gasteiger partial charge in [0.15, 0.2) is 5.16 Å². The van der Waals surface area contributed by atoms with Crippen LogP contribution in [0.1, 0.15) is 44.6 Å². The van der Waals surface area contributed by atoms with Crippen LogP contribution in [0.15, 0.2) is 35.7 Å². The van der Waals surface area contributed by atoms with Gasteiger partial charge < -0.3 is 10.6 Å². The number of aromatic nitrogens is 3. The van der Waals surface area contributed by atoms with Crippen molar-refractivity contribution in [1.82, 2.24) is 30.3 Å². The molecule has 2 aliphatic rings. The topological polar surface area (TPSA) is 109 Å². The maximum atomic E-state index is 12.6. The lowest BCUT2D eigenvalue weighted by Gasteiger charge is -2.20. The van der Waals surface area contributed by atoms with E-state index in [4.69, 9.17) is 0 Å². The summed E-state index contributed by atoms with van der Waals surface area (Å²) in [5.41, 5.74) is 1.51. The Kier molecular flexibility index (Phi) is 6.78. The van der Waals surface area contributed by atoms with Crippen molar-refractivity contribution >= 4 is 29.6 Å². The summed E-state index contributed by atoms with van der Waals surface area (Å²) in [6.07, 6.45) is 6.43. The molecule has 1 spiro atoms. The van der Waals surface area contributed by atoms with E-state index in [2.05, 4.69) is 33.8 Å². The van der Waals surface area contributed by atoms with Crippen molar-refractivity contribution in [3.8, 4) is 5.69 Å². The van der Waals surface area contributed by atoms with Gasteiger partial charge in [-0.15, -0.1) is 10.2 Å². The molecule has 0 bridgehead atoms. The van der Waals surface area contributed by atoms with E-state index in [0.717, 1.165) is 37.8 Å². The van der Waals surface area contributed by atoms with Crippen LogP contribution in [0.4, 0.5) is 4.79 Å². The molecule has 170 valence electrons. The van der Waals surface area contributed by atoms with Gasteiger partial charge in [-0.25, -0.2) is 4.79 Å². The predicted molar refractivity (Wildman–Crippen MR) is 121 cm³/mol. The summed E-state index contributed by atoms with van der Waals surface area (Å²) in [5, 5.41) is 14.5. The van der Waals surface area contributed by atoms with Gasteiger partial charge in [0.1, 0.15) is 11.9 Å². The van der Waals surface area contributed by atoms with Gasteiger partial charge >= 0.3 is 6.03 Å². The smallest absolute Gasteiger partial charge is 0.325 e. The minimum absolute atomic E-state index is 0.117. The van der Waals surface area contributed by atoms with E-state index in [9.17, 15) is 14.4 Å². The molecule has 2 aromatic rings. The molecule has 2 fully saturated rings. The number of imide groups is 1. The zero-order valence-corrected chi connectivity index (χ0v) is 19.0. The summed E-state index contributed by atoms with van der Waals surface area (Å²) in [6, 6.07) is 7.73. The summed E-state index contributed by atoms with van der Waals surface area (Å²) in [4.78, 5) is 38.4. The Bertz CT molecular complexity index is 1000. The number of hydrogen-bond acceptors (Lipinski definition) is 6. The molecule has 1 aliphatic carbocycles. The van der Waals surface area contributed by atoms with Crippen molar-refractivity contribution in [2.75, 3.05) is 18.8 Å². The lowest BCUT2D eigenvalue weighted by Crippen LogP contribution is -2.44. The van der Waals surface area contributed by atoms with Gasteiger partial charge in [-0.3, -0.25) is 19.1 Å². The van der Waals surface area contributed by atoms with Crippen LogP contribution < -0.4 is 10.6 Å². The van der Waals surface area contributed by atoms with E-state index >= 15 is 0 Å². The summed E-state index contributed by atoms with van der Waals surface area (Å²) in [7, 11) is 0. The largest absolute Gasteiger partial charge is 0.355 e. The van der Waals surface area contributed by atoms with Crippen molar-refractivity contribution in [2.45, 2.75) is 56.1 Å². The maximum absolute atomic E-state index is 12.6. The molecule has 2 N–H and O–H groups in total. The predicted octanol–water partition coefficient (Wildman–Crippen LogP) is 2.29. The Balaban J connectivity index is 1.23. The molecule has 0 radical (unpaired) electrons. The van der Waals surface area contributed by atoms with Crippen molar-refractivity contribution in [3.05, 3.63) is 36.2 Å². The molecule has 4 amide bonds. The van der Waals surface area contributed by atoms with E-state index < -0.39 is 5.54 Å². The fraction of sp³-hybridized carbons (Fsp3) is 0.500. The van der Waals surface area contributed by atoms with E-state index in [1.54, 1.807) is 6.33 Å². The number of nitrogens with one attached hydrogen (secondary N) is 2. The normalized spacial score (nSPS) is 17.2. The maximum Gasteiger partial charge on any atom is 0.325 e. The van der Waals surface area contributed by atoms with Gasteiger partial charge in [0.25, 0.3) is 5.91 Å². The molecule has 32 heavy (non-hydrogen) atoms. The number of hydrogen-bond donors (Lipinski definition) is 2. The molecule has 0 atom stereocenters. The molecule has 1 aromatic carbocycles. The van der Waals surface area contributed by atoms with Crippen LogP contribution in [0.5, 0.6) is 0 Å². The quantitative estimate of drug-likeness (QED) is 0.340. The molecule has 2 heterocycles. The van der Waals surface area contributed by atoms with Crippen LogP contribution in [0.25, 0.3) is 5.69 Å². The van der Waals surface area contributed by atoms with Gasteiger partial charge in [0.2, 0.25) is 5.91 Å². The monoisotopic (exact) mass is 456 g/mol. The number of rotatable bonds is 9. The number of aryl methyl sites for hydroxylation is 1. The molecule has 0 unspecified atom stereocenters. The number of benzene rings is 1. The highest BCUT2D eigenvalue weighted by atomic mass is 32.2. The van der Waals surface area contributed by atoms with Crippen molar-refractivity contribution in [2.24, 2.45) is 0 Å². The first kappa shape index (κ1) is 22.3. The van der Waals surface area contributed by atoms with Gasteiger partial charge in [-0.05, 0) is 37.3 Å². The summed E-state index contributed by atoms with van der Waals surface area (Å²) in [5.74, 6) is -0.0365. The Hall–Kier alpha value is -2.88. The number of amides is 4. The molecular formula is C22H28N6O3S. The second-order valence-electron chi connectivity index (χ2n) is 8.13. The van der Waals surface area contributed by atoms with E-state index in [1.165, 1.54) is 22.2 Å². The highest BCUT2D eigenvalue weighted by molar-refractivity contribution is 7.99. The molecule has 1 saturated carbocycles. The van der Waals surface area contributed by atoms with Gasteiger partial charge in [0, 0.05) is 13.1 Å². The molecular weight excluding hydrogens is 428 g/mol. The molecule has 4 rings (SSSR count). The van der Waals surface area contributed by atoms with Gasteiger partial charge in [-0.1, -0.05) is 49.7 Å². The van der Waals surface area contributed by atoms with Gasteiger partial charge in [0.05, 0.1) is 11.4 Å². The average molecular weight is 457 g/mol. The number of carbonyl (C=O) groups excluding carboxylic acids is 3. The van der Waals surface area contributed by atoms with Crippen LogP contribution in [0, 0.1) is 0 Å². The lowest BCUT2D eigenvalue weighted by molar-refractivity contribution is -0.131. The third-order valence-electron chi connectivity index (χ3n) is 6.06. The van der Waals surface area contributed by atoms with Gasteiger partial charge in [-0.2, -0.15) is 0 Å². The van der Waals surface area contributed by atoms with Crippen molar-refractivity contribution in [3.63, 3.8) is 0 Å². The molecule has 1 aromatic heterocycles. The molecule has 9 nitrogen and oxygen atoms in total. The minimum atomic E-state index is -0.677. The van der Waals surface area contributed by atoms with Crippen LogP contribution in [-0.4, -0.2) is 61.9 Å². The van der Waals surface area contributed by atoms with Crippen molar-refractivity contribution in [1.29, 1.82) is 0 Å². The average Bonchev–Trinajstić information content (AvgIpc) is 3.51. The zero-order chi connectivity index (χ0) is 22.6. The first-order chi connectivity index (χ1) is 15.5. The van der Waals surface area contributed by atoms with E-state index in [-0.39, 0.29) is 23.6 Å². The number of urea groups is 1. The van der Waals surface area contributed by atoms with Crippen LogP contribution in [-0.2, 0) is 16.0 Å². The minimum Gasteiger partial charge on any atom is -0.355 e. The van der Waals surface area contributed by atoms with Crippen LogP contribution in [0.3, 0.4) is 0 Å². The molecule has 10 heteroatoms. The second kappa shape index (κ2) is 9.72. The Labute approximate surface area is 191 Å². The fourth-order valence-corrected chi connectivity index (χ4v) is 5.13.